The Kier molecular flexibility index (Phi) is 4.52. The van der Waals surface area contributed by atoms with Crippen molar-refractivity contribution in [1.82, 2.24) is 14.9 Å². The molecule has 0 saturated carbocycles. The van der Waals surface area contributed by atoms with Crippen molar-refractivity contribution in [1.29, 1.82) is 0 Å². The molecule has 0 unspecified atom stereocenters. The van der Waals surface area contributed by atoms with E-state index in [0.29, 0.717) is 19.0 Å². The molecule has 1 aromatic carbocycles. The highest BCUT2D eigenvalue weighted by molar-refractivity contribution is 5.81. The van der Waals surface area contributed by atoms with E-state index in [1.54, 1.807) is 0 Å². The second-order valence-electron chi connectivity index (χ2n) is 5.47. The molecular weight excluding hydrogens is 292 g/mol. The number of nitrogens with two attached hydrogens (primary N) is 1. The molecule has 1 amide bonds. The topological polar surface area (TPSA) is 81.3 Å². The first kappa shape index (κ1) is 15.4. The predicted octanol–water partition coefficient (Wildman–Crippen LogP) is 1.46. The maximum Gasteiger partial charge on any atom is 0.239 e. The fourth-order valence-corrected chi connectivity index (χ4v) is 3.01. The minimum atomic E-state index is -0.459. The van der Waals surface area contributed by atoms with Crippen molar-refractivity contribution in [2.45, 2.75) is 25.9 Å². The second-order valence-corrected chi connectivity index (χ2v) is 5.47. The Morgan fingerprint density at radius 1 is 1.35 bits per heavy atom. The molecule has 2 heterocycles. The molecule has 0 bridgehead atoms. The summed E-state index contributed by atoms with van der Waals surface area (Å²) in [7, 11) is 0. The molecule has 1 aromatic heterocycles. The monoisotopic (exact) mass is 312 g/mol. The number of primary amides is 1. The summed E-state index contributed by atoms with van der Waals surface area (Å²) < 4.78 is 5.60. The van der Waals surface area contributed by atoms with Gasteiger partial charge in [-0.2, -0.15) is 0 Å². The standard InChI is InChI=1S/C17H20N4O2/c1-2-23-17-13-10-21(9-8-14(13)19-11-20-17)15(16(18)22)12-6-4-3-5-7-12/h3-7,11,15H,2,8-10H2,1H3,(H2,18,22)/t15-/m1/s1. The van der Waals surface area contributed by atoms with Crippen LogP contribution in [0.5, 0.6) is 5.88 Å². The summed E-state index contributed by atoms with van der Waals surface area (Å²) in [4.78, 5) is 22.7. The van der Waals surface area contributed by atoms with Crippen LogP contribution in [0.3, 0.4) is 0 Å². The summed E-state index contributed by atoms with van der Waals surface area (Å²) in [6.45, 7) is 3.73. The summed E-state index contributed by atoms with van der Waals surface area (Å²) >= 11 is 0. The van der Waals surface area contributed by atoms with E-state index in [9.17, 15) is 4.79 Å². The van der Waals surface area contributed by atoms with Gasteiger partial charge in [0.1, 0.15) is 12.4 Å². The van der Waals surface area contributed by atoms with E-state index in [-0.39, 0.29) is 5.91 Å². The fourth-order valence-electron chi connectivity index (χ4n) is 3.01. The summed E-state index contributed by atoms with van der Waals surface area (Å²) in [5.74, 6) is 0.243. The van der Waals surface area contributed by atoms with E-state index >= 15 is 0 Å². The molecule has 2 aromatic rings. The zero-order valence-corrected chi connectivity index (χ0v) is 13.1. The normalized spacial score (nSPS) is 15.7. The van der Waals surface area contributed by atoms with Crippen LogP contribution in [0.25, 0.3) is 0 Å². The van der Waals surface area contributed by atoms with Gasteiger partial charge in [0.2, 0.25) is 11.8 Å². The van der Waals surface area contributed by atoms with E-state index in [0.717, 1.165) is 29.8 Å². The van der Waals surface area contributed by atoms with E-state index in [2.05, 4.69) is 14.9 Å². The highest BCUT2D eigenvalue weighted by atomic mass is 16.5. The van der Waals surface area contributed by atoms with Crippen LogP contribution in [-0.2, 0) is 17.8 Å². The first-order chi connectivity index (χ1) is 11.2. The number of carbonyl (C=O) groups is 1. The molecule has 120 valence electrons. The van der Waals surface area contributed by atoms with Crippen molar-refractivity contribution in [2.24, 2.45) is 5.73 Å². The van der Waals surface area contributed by atoms with E-state index in [1.807, 2.05) is 37.3 Å². The van der Waals surface area contributed by atoms with Crippen LogP contribution in [0.15, 0.2) is 36.7 Å². The number of aromatic nitrogens is 2. The molecule has 23 heavy (non-hydrogen) atoms. The molecule has 1 aliphatic rings. The highest BCUT2D eigenvalue weighted by Crippen LogP contribution is 2.30. The third-order valence-corrected chi connectivity index (χ3v) is 4.02. The van der Waals surface area contributed by atoms with Gasteiger partial charge in [-0.05, 0) is 12.5 Å². The van der Waals surface area contributed by atoms with E-state index in [1.165, 1.54) is 6.33 Å². The number of hydrogen-bond acceptors (Lipinski definition) is 5. The smallest absolute Gasteiger partial charge is 0.239 e. The lowest BCUT2D eigenvalue weighted by Gasteiger charge is -2.34. The van der Waals surface area contributed by atoms with Crippen LogP contribution >= 0.6 is 0 Å². The van der Waals surface area contributed by atoms with Gasteiger partial charge in [-0.1, -0.05) is 30.3 Å². The van der Waals surface area contributed by atoms with Gasteiger partial charge in [0, 0.05) is 25.1 Å². The Morgan fingerprint density at radius 3 is 2.83 bits per heavy atom. The second kappa shape index (κ2) is 6.75. The molecule has 2 N–H and O–H groups in total. The molecule has 1 aliphatic heterocycles. The lowest BCUT2D eigenvalue weighted by Crippen LogP contribution is -2.41. The van der Waals surface area contributed by atoms with Crippen molar-refractivity contribution >= 4 is 5.91 Å². The zero-order valence-electron chi connectivity index (χ0n) is 13.1. The quantitative estimate of drug-likeness (QED) is 0.904. The van der Waals surface area contributed by atoms with Gasteiger partial charge in [-0.25, -0.2) is 9.97 Å². The number of rotatable bonds is 5. The average molecular weight is 312 g/mol. The van der Waals surface area contributed by atoms with Crippen molar-refractivity contribution in [3.05, 3.63) is 53.5 Å². The number of amides is 1. The van der Waals surface area contributed by atoms with Gasteiger partial charge in [0.15, 0.2) is 0 Å². The fraction of sp³-hybridized carbons (Fsp3) is 0.353. The molecule has 3 rings (SSSR count). The van der Waals surface area contributed by atoms with Crippen LogP contribution in [-0.4, -0.2) is 33.9 Å². The van der Waals surface area contributed by atoms with Gasteiger partial charge in [-0.3, -0.25) is 9.69 Å². The Labute approximate surface area is 135 Å². The molecule has 0 aliphatic carbocycles. The van der Waals surface area contributed by atoms with Gasteiger partial charge < -0.3 is 10.5 Å². The number of ether oxygens (including phenoxy) is 1. The summed E-state index contributed by atoms with van der Waals surface area (Å²) in [5, 5.41) is 0. The number of hydrogen-bond donors (Lipinski definition) is 1. The van der Waals surface area contributed by atoms with Crippen LogP contribution in [0.4, 0.5) is 0 Å². The SMILES string of the molecule is CCOc1ncnc2c1CN([C@@H](C(N)=O)c1ccccc1)CC2. The van der Waals surface area contributed by atoms with Crippen LogP contribution in [0.2, 0.25) is 0 Å². The van der Waals surface area contributed by atoms with Gasteiger partial charge in [0.25, 0.3) is 0 Å². The lowest BCUT2D eigenvalue weighted by atomic mass is 9.99. The maximum atomic E-state index is 12.0. The van der Waals surface area contributed by atoms with E-state index in [4.69, 9.17) is 10.5 Å². The minimum Gasteiger partial charge on any atom is -0.478 e. The Hall–Kier alpha value is -2.47. The molecule has 6 heteroatoms. The molecule has 6 nitrogen and oxygen atoms in total. The number of fused-ring (bicyclic) bond motifs is 1. The van der Waals surface area contributed by atoms with Crippen molar-refractivity contribution < 1.29 is 9.53 Å². The molecule has 0 radical (unpaired) electrons. The van der Waals surface area contributed by atoms with Crippen LogP contribution < -0.4 is 10.5 Å². The minimum absolute atomic E-state index is 0.352. The van der Waals surface area contributed by atoms with Gasteiger partial charge in [-0.15, -0.1) is 0 Å². The molecule has 0 saturated heterocycles. The van der Waals surface area contributed by atoms with Crippen LogP contribution in [0.1, 0.15) is 29.8 Å². The zero-order chi connectivity index (χ0) is 16.2. The lowest BCUT2D eigenvalue weighted by molar-refractivity contribution is -0.123. The van der Waals surface area contributed by atoms with Crippen molar-refractivity contribution in [2.75, 3.05) is 13.2 Å². The number of carbonyl (C=O) groups excluding carboxylic acids is 1. The van der Waals surface area contributed by atoms with Crippen molar-refractivity contribution in [3.8, 4) is 5.88 Å². The predicted molar refractivity (Wildman–Crippen MR) is 85.7 cm³/mol. The third kappa shape index (κ3) is 3.17. The Morgan fingerprint density at radius 2 is 2.13 bits per heavy atom. The molecular formula is C17H20N4O2. The molecule has 0 spiro atoms. The maximum absolute atomic E-state index is 12.0. The number of nitrogens with zero attached hydrogens (tertiary/aromatic N) is 3. The first-order valence-corrected chi connectivity index (χ1v) is 7.74. The molecule has 1 atom stereocenters. The summed E-state index contributed by atoms with van der Waals surface area (Å²) in [5.41, 5.74) is 8.50. The highest BCUT2D eigenvalue weighted by Gasteiger charge is 2.31. The summed E-state index contributed by atoms with van der Waals surface area (Å²) in [6.07, 6.45) is 2.27. The Balaban J connectivity index is 1.92. The van der Waals surface area contributed by atoms with Gasteiger partial charge >= 0.3 is 0 Å². The van der Waals surface area contributed by atoms with Gasteiger partial charge in [0.05, 0.1) is 12.3 Å². The first-order valence-electron chi connectivity index (χ1n) is 7.74. The summed E-state index contributed by atoms with van der Waals surface area (Å²) in [6, 6.07) is 9.15. The Bertz CT molecular complexity index is 690. The third-order valence-electron chi connectivity index (χ3n) is 4.02. The number of benzene rings is 1. The molecule has 0 fully saturated rings. The average Bonchev–Trinajstić information content (AvgIpc) is 2.56. The van der Waals surface area contributed by atoms with Crippen LogP contribution in [0, 0.1) is 0 Å². The van der Waals surface area contributed by atoms with E-state index < -0.39 is 6.04 Å². The largest absolute Gasteiger partial charge is 0.478 e. The van der Waals surface area contributed by atoms with Crippen molar-refractivity contribution in [3.63, 3.8) is 0 Å².